The van der Waals surface area contributed by atoms with Crippen LogP contribution < -0.4 is 14.8 Å². The number of carbonyl (C=O) groups excluding carboxylic acids is 1. The minimum absolute atomic E-state index is 0.00898. The van der Waals surface area contributed by atoms with Crippen LogP contribution in [0.25, 0.3) is 11.1 Å². The zero-order chi connectivity index (χ0) is 22.0. The summed E-state index contributed by atoms with van der Waals surface area (Å²) in [5, 5.41) is 11.8. The van der Waals surface area contributed by atoms with Gasteiger partial charge in [0.2, 0.25) is 5.13 Å². The number of nitrogens with zero attached hydrogens (tertiary/aromatic N) is 4. The molecule has 1 amide bonds. The first kappa shape index (κ1) is 21.4. The lowest BCUT2D eigenvalue weighted by Gasteiger charge is -2.13. The van der Waals surface area contributed by atoms with E-state index in [-0.39, 0.29) is 17.4 Å². The fourth-order valence-electron chi connectivity index (χ4n) is 3.22. The van der Waals surface area contributed by atoms with Gasteiger partial charge in [-0.1, -0.05) is 16.7 Å². The molecule has 3 aromatic heterocycles. The molecular formula is C20H20ClN5O4S. The first-order valence-corrected chi connectivity index (χ1v) is 10.7. The van der Waals surface area contributed by atoms with Crippen molar-refractivity contribution in [3.63, 3.8) is 0 Å². The van der Waals surface area contributed by atoms with Gasteiger partial charge in [-0.05, 0) is 37.3 Å². The van der Waals surface area contributed by atoms with Gasteiger partial charge in [-0.2, -0.15) is 0 Å². The number of aryl methyl sites for hydroxylation is 1. The molecular weight excluding hydrogens is 442 g/mol. The number of hydrogen-bond acceptors (Lipinski definition) is 9. The lowest BCUT2D eigenvalue weighted by molar-refractivity contribution is 0.0669. The van der Waals surface area contributed by atoms with Crippen LogP contribution in [0.3, 0.4) is 0 Å². The Hall–Kier alpha value is -2.82. The first-order chi connectivity index (χ1) is 14.9. The summed E-state index contributed by atoms with van der Waals surface area (Å²) in [6, 6.07) is 3.44. The summed E-state index contributed by atoms with van der Waals surface area (Å²) in [7, 11) is 1.53. The van der Waals surface area contributed by atoms with E-state index in [1.165, 1.54) is 19.5 Å². The second kappa shape index (κ2) is 9.13. The number of carbonyl (C=O) groups is 1. The molecule has 4 heterocycles. The number of halogens is 1. The summed E-state index contributed by atoms with van der Waals surface area (Å²) < 4.78 is 16.7. The van der Waals surface area contributed by atoms with Gasteiger partial charge in [0.25, 0.3) is 11.1 Å². The molecule has 9 nitrogen and oxygen atoms in total. The molecule has 11 heteroatoms. The zero-order valence-corrected chi connectivity index (χ0v) is 18.7. The van der Waals surface area contributed by atoms with E-state index >= 15 is 0 Å². The minimum atomic E-state index is -0.391. The number of rotatable bonds is 6. The third-order valence-corrected chi connectivity index (χ3v) is 5.75. The molecule has 3 aromatic rings. The predicted octanol–water partition coefficient (Wildman–Crippen LogP) is 3.77. The Morgan fingerprint density at radius 1 is 1.26 bits per heavy atom. The lowest BCUT2D eigenvalue weighted by atomic mass is 10.0. The van der Waals surface area contributed by atoms with E-state index in [9.17, 15) is 4.79 Å². The smallest absolute Gasteiger partial charge is 0.296 e. The van der Waals surface area contributed by atoms with Crippen LogP contribution in [0.15, 0.2) is 24.5 Å². The molecule has 0 unspecified atom stereocenters. The number of amides is 1. The Labute approximate surface area is 187 Å². The number of anilines is 1. The van der Waals surface area contributed by atoms with Crippen molar-refractivity contribution in [2.24, 2.45) is 0 Å². The fourth-order valence-corrected chi connectivity index (χ4v) is 4.02. The summed E-state index contributed by atoms with van der Waals surface area (Å²) >= 11 is 7.24. The highest BCUT2D eigenvalue weighted by Crippen LogP contribution is 2.34. The molecule has 1 saturated heterocycles. The van der Waals surface area contributed by atoms with Gasteiger partial charge >= 0.3 is 0 Å². The second-order valence-corrected chi connectivity index (χ2v) is 8.25. The van der Waals surface area contributed by atoms with E-state index in [0.717, 1.165) is 23.5 Å². The van der Waals surface area contributed by atoms with E-state index in [1.54, 1.807) is 12.1 Å². The van der Waals surface area contributed by atoms with E-state index < -0.39 is 5.91 Å². The molecule has 1 fully saturated rings. The van der Waals surface area contributed by atoms with Crippen molar-refractivity contribution in [1.29, 1.82) is 0 Å². The number of methoxy groups -OCH3 is 1. The van der Waals surface area contributed by atoms with E-state index in [0.29, 0.717) is 39.4 Å². The monoisotopic (exact) mass is 461 g/mol. The summed E-state index contributed by atoms with van der Waals surface area (Å²) in [5.74, 6) is 0.0984. The van der Waals surface area contributed by atoms with Crippen LogP contribution in [0.1, 0.15) is 29.4 Å². The molecule has 2 atom stereocenters. The quantitative estimate of drug-likeness (QED) is 0.552. The maximum atomic E-state index is 13.0. The first-order valence-electron chi connectivity index (χ1n) is 9.54. The molecule has 31 heavy (non-hydrogen) atoms. The van der Waals surface area contributed by atoms with Crippen molar-refractivity contribution in [3.05, 3.63) is 40.9 Å². The molecule has 162 valence electrons. The van der Waals surface area contributed by atoms with Gasteiger partial charge in [-0.25, -0.2) is 4.98 Å². The lowest BCUT2D eigenvalue weighted by Crippen LogP contribution is -2.24. The summed E-state index contributed by atoms with van der Waals surface area (Å²) in [5.41, 5.74) is 2.32. The Kier molecular flexibility index (Phi) is 6.30. The SMILES string of the molecule is COc1cnc(Cl)cc1-c1cc(C)ncc1C(=O)Nc1nnc(O[C@@H]2CCO[C@@H]2C)s1. The highest BCUT2D eigenvalue weighted by atomic mass is 35.5. The van der Waals surface area contributed by atoms with Gasteiger partial charge in [-0.15, -0.1) is 5.10 Å². The van der Waals surface area contributed by atoms with Crippen LogP contribution in [0, 0.1) is 6.92 Å². The molecule has 0 radical (unpaired) electrons. The van der Waals surface area contributed by atoms with Gasteiger partial charge < -0.3 is 14.2 Å². The van der Waals surface area contributed by atoms with Crippen molar-refractivity contribution in [2.75, 3.05) is 19.0 Å². The van der Waals surface area contributed by atoms with Gasteiger partial charge in [0, 0.05) is 29.4 Å². The molecule has 1 N–H and O–H groups in total. The fraction of sp³-hybridized carbons (Fsp3) is 0.350. The van der Waals surface area contributed by atoms with Crippen LogP contribution in [-0.2, 0) is 4.74 Å². The Bertz CT molecular complexity index is 1110. The molecule has 1 aliphatic heterocycles. The highest BCUT2D eigenvalue weighted by Gasteiger charge is 2.27. The molecule has 0 bridgehead atoms. The maximum absolute atomic E-state index is 13.0. The maximum Gasteiger partial charge on any atom is 0.296 e. The van der Waals surface area contributed by atoms with Crippen molar-refractivity contribution < 1.29 is 19.0 Å². The second-order valence-electron chi connectivity index (χ2n) is 6.93. The standard InChI is InChI=1S/C20H20ClN5O4S/c1-10-6-12(13-7-17(21)23-9-16(13)28-3)14(8-22-10)18(27)24-19-25-26-20(31-19)30-15-4-5-29-11(15)2/h6-9,11,15H,4-5H2,1-3H3,(H,24,25,27)/t11-,15-/m1/s1. The van der Waals surface area contributed by atoms with Crippen molar-refractivity contribution in [1.82, 2.24) is 20.2 Å². The van der Waals surface area contributed by atoms with Crippen LogP contribution in [0.4, 0.5) is 5.13 Å². The Balaban J connectivity index is 1.58. The van der Waals surface area contributed by atoms with E-state index in [2.05, 4.69) is 25.5 Å². The molecule has 0 spiro atoms. The average molecular weight is 462 g/mol. The number of nitrogens with one attached hydrogen (secondary N) is 1. The van der Waals surface area contributed by atoms with Gasteiger partial charge in [0.05, 0.1) is 31.6 Å². The Morgan fingerprint density at radius 2 is 2.10 bits per heavy atom. The van der Waals surface area contributed by atoms with Gasteiger partial charge in [0.15, 0.2) is 0 Å². The van der Waals surface area contributed by atoms with Crippen molar-refractivity contribution >= 4 is 34.0 Å². The number of ether oxygens (including phenoxy) is 3. The average Bonchev–Trinajstić information content (AvgIpc) is 3.36. The third kappa shape index (κ3) is 4.76. The van der Waals surface area contributed by atoms with E-state index in [4.69, 9.17) is 25.8 Å². The molecule has 0 aliphatic carbocycles. The van der Waals surface area contributed by atoms with Crippen LogP contribution in [0.2, 0.25) is 5.15 Å². The van der Waals surface area contributed by atoms with Crippen LogP contribution in [0.5, 0.6) is 10.9 Å². The third-order valence-electron chi connectivity index (χ3n) is 4.82. The highest BCUT2D eigenvalue weighted by molar-refractivity contribution is 7.17. The Morgan fingerprint density at radius 3 is 2.84 bits per heavy atom. The minimum Gasteiger partial charge on any atom is -0.494 e. The van der Waals surface area contributed by atoms with Crippen molar-refractivity contribution in [3.8, 4) is 22.1 Å². The summed E-state index contributed by atoms with van der Waals surface area (Å²) in [6.45, 7) is 4.44. The number of hydrogen-bond donors (Lipinski definition) is 1. The van der Waals surface area contributed by atoms with Gasteiger partial charge in [-0.3, -0.25) is 15.1 Å². The number of pyridine rings is 2. The molecule has 0 aromatic carbocycles. The zero-order valence-electron chi connectivity index (χ0n) is 17.1. The largest absolute Gasteiger partial charge is 0.494 e. The van der Waals surface area contributed by atoms with Gasteiger partial charge in [0.1, 0.15) is 17.0 Å². The topological polar surface area (TPSA) is 108 Å². The van der Waals surface area contributed by atoms with E-state index in [1.807, 2.05) is 13.8 Å². The summed E-state index contributed by atoms with van der Waals surface area (Å²) in [6.07, 6.45) is 3.72. The number of aromatic nitrogens is 4. The normalized spacial score (nSPS) is 18.1. The van der Waals surface area contributed by atoms with Crippen molar-refractivity contribution in [2.45, 2.75) is 32.5 Å². The molecule has 1 aliphatic rings. The predicted molar refractivity (Wildman–Crippen MR) is 116 cm³/mol. The van der Waals surface area contributed by atoms with Crippen LogP contribution >= 0.6 is 22.9 Å². The molecule has 0 saturated carbocycles. The summed E-state index contributed by atoms with van der Waals surface area (Å²) in [4.78, 5) is 21.3. The molecule has 4 rings (SSSR count). The van der Waals surface area contributed by atoms with Crippen LogP contribution in [-0.4, -0.2) is 52.0 Å².